The summed E-state index contributed by atoms with van der Waals surface area (Å²) in [6, 6.07) is 9.63. The first kappa shape index (κ1) is 24.7. The van der Waals surface area contributed by atoms with E-state index in [-0.39, 0.29) is 41.8 Å². The maximum Gasteiger partial charge on any atom is 0.314 e. The number of carbonyl (C=O) groups excluding carboxylic acids is 3. The number of benzene rings is 1. The summed E-state index contributed by atoms with van der Waals surface area (Å²) in [5.41, 5.74) is 7.79. The standard InChI is InChI=1S/C25H23N5O5S/c1-17-7-10-35-22(17)24(32)28-21-4-2-3-18(14-21)5-6-19-13-20(16-27-15-19)23(31)29-36(34)11-8-30(9-12-36)25(26)33/h2-4,7,10,13-16H,8-9,11-12H2,1H3,(H2,26,33)(H,28,32). The molecule has 4 amide bonds. The Bertz CT molecular complexity index is 1510. The van der Waals surface area contributed by atoms with Crippen LogP contribution in [0, 0.1) is 18.8 Å². The third-order valence-corrected chi connectivity index (χ3v) is 7.59. The fourth-order valence-corrected chi connectivity index (χ4v) is 5.28. The van der Waals surface area contributed by atoms with Crippen molar-refractivity contribution in [2.45, 2.75) is 6.92 Å². The highest BCUT2D eigenvalue weighted by Crippen LogP contribution is 2.15. The molecule has 0 saturated carbocycles. The van der Waals surface area contributed by atoms with Crippen LogP contribution in [0.1, 0.15) is 37.6 Å². The SMILES string of the molecule is Cc1ccoc1C(=O)Nc1cccc(C#Cc2cncc(C(=O)N=S3(=O)CCN(C(N)=O)CC3)c2)c1. The van der Waals surface area contributed by atoms with Gasteiger partial charge in [-0.1, -0.05) is 17.9 Å². The molecule has 1 aliphatic rings. The molecule has 11 heteroatoms. The van der Waals surface area contributed by atoms with Gasteiger partial charge in [0.05, 0.1) is 33.1 Å². The number of hydrogen-bond acceptors (Lipinski definition) is 6. The van der Waals surface area contributed by atoms with Crippen molar-refractivity contribution in [3.8, 4) is 11.8 Å². The molecule has 1 fully saturated rings. The quantitative estimate of drug-likeness (QED) is 0.523. The lowest BCUT2D eigenvalue weighted by Gasteiger charge is -2.26. The predicted molar refractivity (Wildman–Crippen MR) is 134 cm³/mol. The molecule has 0 radical (unpaired) electrons. The highest BCUT2D eigenvalue weighted by molar-refractivity contribution is 7.94. The molecule has 10 nitrogen and oxygen atoms in total. The number of anilines is 1. The van der Waals surface area contributed by atoms with Gasteiger partial charge in [-0.2, -0.15) is 4.36 Å². The Kier molecular flexibility index (Phi) is 7.17. The molecule has 3 aromatic rings. The molecule has 3 N–H and O–H groups in total. The van der Waals surface area contributed by atoms with Crippen molar-refractivity contribution >= 4 is 33.3 Å². The molecule has 1 aliphatic heterocycles. The zero-order valence-corrected chi connectivity index (χ0v) is 20.2. The Morgan fingerprint density at radius 1 is 1.11 bits per heavy atom. The highest BCUT2D eigenvalue weighted by Gasteiger charge is 2.24. The monoisotopic (exact) mass is 505 g/mol. The number of aryl methyl sites for hydroxylation is 1. The van der Waals surface area contributed by atoms with E-state index in [1.165, 1.54) is 29.6 Å². The second-order valence-electron chi connectivity index (χ2n) is 8.08. The Morgan fingerprint density at radius 2 is 1.86 bits per heavy atom. The molecule has 0 spiro atoms. The number of carbonyl (C=O) groups is 3. The number of amides is 4. The summed E-state index contributed by atoms with van der Waals surface area (Å²) < 4.78 is 22.0. The number of furan rings is 1. The average Bonchev–Trinajstić information content (AvgIpc) is 3.29. The van der Waals surface area contributed by atoms with Gasteiger partial charge in [-0.15, -0.1) is 0 Å². The van der Waals surface area contributed by atoms with Crippen LogP contribution in [0.2, 0.25) is 0 Å². The molecule has 3 heterocycles. The van der Waals surface area contributed by atoms with Crippen LogP contribution in [0.3, 0.4) is 0 Å². The van der Waals surface area contributed by atoms with Crippen LogP contribution in [0.5, 0.6) is 0 Å². The lowest BCUT2D eigenvalue weighted by molar-refractivity contribution is 0.0991. The number of nitrogens with two attached hydrogens (primary N) is 1. The number of rotatable bonds is 3. The summed E-state index contributed by atoms with van der Waals surface area (Å²) in [7, 11) is -2.78. The Balaban J connectivity index is 1.47. The van der Waals surface area contributed by atoms with E-state index in [1.807, 2.05) is 0 Å². The number of nitrogens with zero attached hydrogens (tertiary/aromatic N) is 3. The fourth-order valence-electron chi connectivity index (χ4n) is 3.47. The average molecular weight is 506 g/mol. The van der Waals surface area contributed by atoms with Gasteiger partial charge in [0.15, 0.2) is 5.76 Å². The molecule has 36 heavy (non-hydrogen) atoms. The maximum atomic E-state index is 12.9. The molecule has 0 aliphatic carbocycles. The lowest BCUT2D eigenvalue weighted by atomic mass is 10.1. The van der Waals surface area contributed by atoms with E-state index in [9.17, 15) is 18.6 Å². The van der Waals surface area contributed by atoms with Crippen molar-refractivity contribution < 1.29 is 23.0 Å². The van der Waals surface area contributed by atoms with E-state index in [2.05, 4.69) is 26.5 Å². The van der Waals surface area contributed by atoms with Crippen LogP contribution in [-0.2, 0) is 9.73 Å². The molecule has 2 aromatic heterocycles. The van der Waals surface area contributed by atoms with Crippen LogP contribution in [-0.4, -0.2) is 56.5 Å². The second-order valence-corrected chi connectivity index (χ2v) is 10.6. The summed E-state index contributed by atoms with van der Waals surface area (Å²) in [6.45, 7) is 2.16. The van der Waals surface area contributed by atoms with Crippen molar-refractivity contribution in [2.24, 2.45) is 10.1 Å². The van der Waals surface area contributed by atoms with Gasteiger partial charge in [0.2, 0.25) is 0 Å². The molecule has 184 valence electrons. The Labute approximate surface area is 208 Å². The number of pyridine rings is 1. The lowest BCUT2D eigenvalue weighted by Crippen LogP contribution is -2.46. The van der Waals surface area contributed by atoms with Crippen molar-refractivity contribution in [3.63, 3.8) is 0 Å². The van der Waals surface area contributed by atoms with Gasteiger partial charge < -0.3 is 20.4 Å². The molecule has 0 atom stereocenters. The maximum absolute atomic E-state index is 12.9. The summed E-state index contributed by atoms with van der Waals surface area (Å²) >= 11 is 0. The van der Waals surface area contributed by atoms with E-state index >= 15 is 0 Å². The van der Waals surface area contributed by atoms with Gasteiger partial charge >= 0.3 is 6.03 Å². The van der Waals surface area contributed by atoms with Crippen LogP contribution in [0.15, 0.2) is 63.8 Å². The highest BCUT2D eigenvalue weighted by atomic mass is 32.2. The normalized spacial score (nSPS) is 14.3. The molecule has 1 saturated heterocycles. The minimum atomic E-state index is -2.78. The molecular formula is C25H23N5O5S. The summed E-state index contributed by atoms with van der Waals surface area (Å²) in [4.78, 5) is 41.7. The van der Waals surface area contributed by atoms with Gasteiger partial charge in [-0.3, -0.25) is 14.6 Å². The van der Waals surface area contributed by atoms with Crippen molar-refractivity contribution in [3.05, 3.63) is 83.1 Å². The Hall–Kier alpha value is -4.43. The zero-order chi connectivity index (χ0) is 25.7. The first-order valence-corrected chi connectivity index (χ1v) is 12.8. The van der Waals surface area contributed by atoms with Gasteiger partial charge in [-0.05, 0) is 37.3 Å². The van der Waals surface area contributed by atoms with E-state index in [0.29, 0.717) is 16.8 Å². The number of hydrogen-bond donors (Lipinski definition) is 2. The van der Waals surface area contributed by atoms with Crippen molar-refractivity contribution in [2.75, 3.05) is 29.9 Å². The van der Waals surface area contributed by atoms with Crippen LogP contribution in [0.4, 0.5) is 10.5 Å². The number of aromatic nitrogens is 1. The largest absolute Gasteiger partial charge is 0.459 e. The summed E-state index contributed by atoms with van der Waals surface area (Å²) in [5.74, 6) is 5.31. The smallest absolute Gasteiger partial charge is 0.314 e. The van der Waals surface area contributed by atoms with Gasteiger partial charge in [0, 0.05) is 47.9 Å². The van der Waals surface area contributed by atoms with E-state index < -0.39 is 21.7 Å². The number of nitrogens with one attached hydrogen (secondary N) is 1. The van der Waals surface area contributed by atoms with Crippen molar-refractivity contribution in [1.82, 2.24) is 9.88 Å². The molecule has 0 bridgehead atoms. The first-order chi connectivity index (χ1) is 17.2. The van der Waals surface area contributed by atoms with Crippen molar-refractivity contribution in [1.29, 1.82) is 0 Å². The Morgan fingerprint density at radius 3 is 2.56 bits per heavy atom. The summed E-state index contributed by atoms with van der Waals surface area (Å²) in [6.07, 6.45) is 4.29. The fraction of sp³-hybridized carbons (Fsp3) is 0.200. The molecule has 1 aromatic carbocycles. The molecular weight excluding hydrogens is 482 g/mol. The number of urea groups is 1. The van der Waals surface area contributed by atoms with Crippen LogP contribution < -0.4 is 11.1 Å². The number of primary amides is 1. The van der Waals surface area contributed by atoms with E-state index in [0.717, 1.165) is 5.56 Å². The zero-order valence-electron chi connectivity index (χ0n) is 19.4. The topological polar surface area (TPSA) is 148 Å². The third-order valence-electron chi connectivity index (χ3n) is 5.45. The van der Waals surface area contributed by atoms with Gasteiger partial charge in [0.25, 0.3) is 11.8 Å². The van der Waals surface area contributed by atoms with E-state index in [1.54, 1.807) is 37.3 Å². The van der Waals surface area contributed by atoms with E-state index in [4.69, 9.17) is 10.2 Å². The molecule has 4 rings (SSSR count). The summed E-state index contributed by atoms with van der Waals surface area (Å²) in [5, 5.41) is 2.77. The minimum absolute atomic E-state index is 0.0843. The third kappa shape index (κ3) is 5.97. The minimum Gasteiger partial charge on any atom is -0.459 e. The molecule has 0 unspecified atom stereocenters. The second kappa shape index (κ2) is 10.5. The van der Waals surface area contributed by atoms with Crippen LogP contribution >= 0.6 is 0 Å². The van der Waals surface area contributed by atoms with Gasteiger partial charge in [-0.25, -0.2) is 9.00 Å². The predicted octanol–water partition coefficient (Wildman–Crippen LogP) is 2.64. The van der Waals surface area contributed by atoms with Gasteiger partial charge in [0.1, 0.15) is 0 Å². The van der Waals surface area contributed by atoms with Crippen LogP contribution in [0.25, 0.3) is 0 Å². The first-order valence-electron chi connectivity index (χ1n) is 11.0.